The van der Waals surface area contributed by atoms with Crippen molar-refractivity contribution < 1.29 is 0 Å². The van der Waals surface area contributed by atoms with E-state index in [0.717, 1.165) is 32.7 Å². The minimum atomic E-state index is 0.274. The second-order valence-electron chi connectivity index (χ2n) is 4.30. The molecule has 0 saturated heterocycles. The summed E-state index contributed by atoms with van der Waals surface area (Å²) in [4.78, 5) is 8.18. The van der Waals surface area contributed by atoms with Crippen LogP contribution in [0.15, 0.2) is 22.8 Å². The molecule has 5 heteroatoms. The molecule has 0 aliphatic rings. The molecule has 0 aliphatic heterocycles. The second kappa shape index (κ2) is 4.94. The summed E-state index contributed by atoms with van der Waals surface area (Å²) in [7, 11) is 0. The Labute approximate surface area is 115 Å². The molecular weight excluding hydrogens is 292 g/mol. The summed E-state index contributed by atoms with van der Waals surface area (Å²) in [6.45, 7) is 6.06. The van der Waals surface area contributed by atoms with Crippen LogP contribution in [0.5, 0.6) is 0 Å². The number of hydrogen-bond acceptors (Lipinski definition) is 4. The molecular formula is C13H15BrN4. The van der Waals surface area contributed by atoms with Gasteiger partial charge in [-0.1, -0.05) is 15.9 Å². The van der Waals surface area contributed by atoms with Crippen LogP contribution in [0.4, 0.5) is 17.5 Å². The molecule has 0 bridgehead atoms. The fraction of sp³-hybridized carbons (Fsp3) is 0.231. The molecule has 0 amide bonds. The lowest BCUT2D eigenvalue weighted by atomic mass is 10.1. The molecule has 0 saturated carbocycles. The van der Waals surface area contributed by atoms with E-state index in [9.17, 15) is 0 Å². The maximum atomic E-state index is 5.61. The third kappa shape index (κ3) is 2.61. The molecule has 1 aromatic carbocycles. The van der Waals surface area contributed by atoms with Crippen LogP contribution in [0, 0.1) is 20.8 Å². The van der Waals surface area contributed by atoms with Crippen LogP contribution >= 0.6 is 15.9 Å². The Morgan fingerprint density at radius 3 is 2.33 bits per heavy atom. The van der Waals surface area contributed by atoms with Gasteiger partial charge in [0.1, 0.15) is 5.82 Å². The van der Waals surface area contributed by atoms with E-state index >= 15 is 0 Å². The zero-order chi connectivity index (χ0) is 13.3. The van der Waals surface area contributed by atoms with Gasteiger partial charge in [-0.15, -0.1) is 0 Å². The van der Waals surface area contributed by atoms with Gasteiger partial charge in [0.15, 0.2) is 0 Å². The summed E-state index contributed by atoms with van der Waals surface area (Å²) in [5.74, 6) is 1.02. The second-order valence-corrected chi connectivity index (χ2v) is 5.22. The van der Waals surface area contributed by atoms with Gasteiger partial charge in [-0.05, 0) is 44.0 Å². The monoisotopic (exact) mass is 306 g/mol. The van der Waals surface area contributed by atoms with Crippen LogP contribution in [0.25, 0.3) is 0 Å². The zero-order valence-corrected chi connectivity index (χ0v) is 12.2. The van der Waals surface area contributed by atoms with Crippen molar-refractivity contribution in [2.75, 3.05) is 11.1 Å². The molecule has 0 spiro atoms. The minimum Gasteiger partial charge on any atom is -0.368 e. The van der Waals surface area contributed by atoms with Gasteiger partial charge in [0.05, 0.1) is 0 Å². The Kier molecular flexibility index (Phi) is 3.52. The van der Waals surface area contributed by atoms with E-state index in [1.165, 1.54) is 0 Å². The van der Waals surface area contributed by atoms with Crippen molar-refractivity contribution in [3.63, 3.8) is 0 Å². The Hall–Kier alpha value is -1.62. The number of nitrogens with one attached hydrogen (secondary N) is 1. The summed E-state index contributed by atoms with van der Waals surface area (Å²) in [5, 5.41) is 3.32. The standard InChI is InChI=1S/C13H15BrN4/c1-7-4-10(14)5-8(2)11(7)17-12-9(3)6-16-13(15)18-12/h4-6H,1-3H3,(H3,15,16,17,18). The lowest BCUT2D eigenvalue weighted by Gasteiger charge is -2.14. The number of hydrogen-bond donors (Lipinski definition) is 2. The Bertz CT molecular complexity index is 573. The van der Waals surface area contributed by atoms with Crippen LogP contribution in [0.3, 0.4) is 0 Å². The number of aromatic nitrogens is 2. The van der Waals surface area contributed by atoms with Crippen molar-refractivity contribution in [1.82, 2.24) is 9.97 Å². The Morgan fingerprint density at radius 1 is 1.11 bits per heavy atom. The number of nitrogen functional groups attached to an aromatic ring is 1. The number of nitrogens with two attached hydrogens (primary N) is 1. The maximum Gasteiger partial charge on any atom is 0.221 e. The van der Waals surface area contributed by atoms with Crippen molar-refractivity contribution in [3.05, 3.63) is 39.5 Å². The molecule has 0 atom stereocenters. The van der Waals surface area contributed by atoms with E-state index in [4.69, 9.17) is 5.73 Å². The Balaban J connectivity index is 2.43. The molecule has 3 N–H and O–H groups in total. The van der Waals surface area contributed by atoms with Crippen LogP contribution in [0.1, 0.15) is 16.7 Å². The molecule has 0 radical (unpaired) electrons. The number of benzene rings is 1. The van der Waals surface area contributed by atoms with Crippen molar-refractivity contribution in [3.8, 4) is 0 Å². The summed E-state index contributed by atoms with van der Waals surface area (Å²) in [6.07, 6.45) is 1.72. The van der Waals surface area contributed by atoms with E-state index in [1.54, 1.807) is 6.20 Å². The van der Waals surface area contributed by atoms with E-state index < -0.39 is 0 Å². The summed E-state index contributed by atoms with van der Waals surface area (Å²) < 4.78 is 1.07. The Morgan fingerprint density at radius 2 is 1.72 bits per heavy atom. The SMILES string of the molecule is Cc1cnc(N)nc1Nc1c(C)cc(Br)cc1C. The van der Waals surface area contributed by atoms with E-state index in [-0.39, 0.29) is 5.95 Å². The van der Waals surface area contributed by atoms with Gasteiger partial charge >= 0.3 is 0 Å². The summed E-state index contributed by atoms with van der Waals surface area (Å²) >= 11 is 3.49. The normalized spacial score (nSPS) is 10.4. The highest BCUT2D eigenvalue weighted by atomic mass is 79.9. The molecule has 94 valence electrons. The average Bonchev–Trinajstić information content (AvgIpc) is 2.28. The van der Waals surface area contributed by atoms with Gasteiger partial charge < -0.3 is 11.1 Å². The quantitative estimate of drug-likeness (QED) is 0.891. The van der Waals surface area contributed by atoms with E-state index in [1.807, 2.05) is 6.92 Å². The van der Waals surface area contributed by atoms with Crippen LogP contribution in [0.2, 0.25) is 0 Å². The summed E-state index contributed by atoms with van der Waals surface area (Å²) in [6, 6.07) is 4.13. The van der Waals surface area contributed by atoms with Gasteiger partial charge in [0.25, 0.3) is 0 Å². The zero-order valence-electron chi connectivity index (χ0n) is 10.6. The first-order valence-electron chi connectivity index (χ1n) is 5.60. The van der Waals surface area contributed by atoms with Gasteiger partial charge in [-0.2, -0.15) is 4.98 Å². The first-order chi connectivity index (χ1) is 8.47. The van der Waals surface area contributed by atoms with E-state index in [2.05, 4.69) is 57.2 Å². The molecule has 0 fully saturated rings. The maximum absolute atomic E-state index is 5.61. The van der Waals surface area contributed by atoms with Crippen LogP contribution in [-0.2, 0) is 0 Å². The average molecular weight is 307 g/mol. The highest BCUT2D eigenvalue weighted by Gasteiger charge is 2.08. The highest BCUT2D eigenvalue weighted by Crippen LogP contribution is 2.28. The van der Waals surface area contributed by atoms with Crippen molar-refractivity contribution in [2.45, 2.75) is 20.8 Å². The van der Waals surface area contributed by atoms with Crippen molar-refractivity contribution in [2.24, 2.45) is 0 Å². The van der Waals surface area contributed by atoms with Crippen molar-refractivity contribution in [1.29, 1.82) is 0 Å². The molecule has 1 aromatic heterocycles. The topological polar surface area (TPSA) is 63.8 Å². The number of rotatable bonds is 2. The predicted octanol–water partition coefficient (Wildman–Crippen LogP) is 3.49. The molecule has 2 aromatic rings. The number of nitrogens with zero attached hydrogens (tertiary/aromatic N) is 2. The molecule has 0 unspecified atom stereocenters. The number of anilines is 3. The van der Waals surface area contributed by atoms with Gasteiger partial charge in [-0.25, -0.2) is 4.98 Å². The lowest BCUT2D eigenvalue weighted by Crippen LogP contribution is -2.04. The lowest BCUT2D eigenvalue weighted by molar-refractivity contribution is 1.14. The summed E-state index contributed by atoms with van der Waals surface area (Å²) in [5.41, 5.74) is 9.93. The first-order valence-corrected chi connectivity index (χ1v) is 6.39. The van der Waals surface area contributed by atoms with E-state index in [0.29, 0.717) is 0 Å². The van der Waals surface area contributed by atoms with Gasteiger partial charge in [0.2, 0.25) is 5.95 Å². The third-order valence-electron chi connectivity index (χ3n) is 2.73. The number of halogens is 1. The minimum absolute atomic E-state index is 0.274. The molecule has 18 heavy (non-hydrogen) atoms. The number of aryl methyl sites for hydroxylation is 3. The van der Waals surface area contributed by atoms with Crippen molar-refractivity contribution >= 4 is 33.4 Å². The highest BCUT2D eigenvalue weighted by molar-refractivity contribution is 9.10. The van der Waals surface area contributed by atoms with Gasteiger partial charge in [-0.3, -0.25) is 0 Å². The largest absolute Gasteiger partial charge is 0.368 e. The molecule has 1 heterocycles. The fourth-order valence-electron chi connectivity index (χ4n) is 1.81. The third-order valence-corrected chi connectivity index (χ3v) is 3.19. The fourth-order valence-corrected chi connectivity index (χ4v) is 2.50. The van der Waals surface area contributed by atoms with Crippen LogP contribution < -0.4 is 11.1 Å². The predicted molar refractivity (Wildman–Crippen MR) is 78.1 cm³/mol. The molecule has 2 rings (SSSR count). The smallest absolute Gasteiger partial charge is 0.221 e. The molecule has 0 aliphatic carbocycles. The first kappa shape index (κ1) is 12.8. The molecule has 4 nitrogen and oxygen atoms in total. The van der Waals surface area contributed by atoms with Gasteiger partial charge in [0, 0.05) is 21.9 Å². The van der Waals surface area contributed by atoms with Crippen LogP contribution in [-0.4, -0.2) is 9.97 Å².